The second-order valence-electron chi connectivity index (χ2n) is 7.21. The van der Waals surface area contributed by atoms with E-state index in [9.17, 15) is 0 Å². The molecule has 3 aromatic carbocycles. The van der Waals surface area contributed by atoms with Crippen molar-refractivity contribution in [1.29, 1.82) is 0 Å². The van der Waals surface area contributed by atoms with E-state index in [0.717, 1.165) is 6.54 Å². The van der Waals surface area contributed by atoms with Gasteiger partial charge in [0.1, 0.15) is 0 Å². The predicted octanol–water partition coefficient (Wildman–Crippen LogP) is 5.20. The summed E-state index contributed by atoms with van der Waals surface area (Å²) in [4.78, 5) is 5.15. The molecule has 25 heavy (non-hydrogen) atoms. The van der Waals surface area contributed by atoms with Crippen molar-refractivity contribution in [3.63, 3.8) is 0 Å². The first-order chi connectivity index (χ1) is 12.3. The molecule has 2 heterocycles. The van der Waals surface area contributed by atoms with Crippen molar-refractivity contribution in [3.05, 3.63) is 66.2 Å². The van der Waals surface area contributed by atoms with E-state index in [0.29, 0.717) is 12.0 Å². The largest absolute Gasteiger partial charge is 0.380 e. The highest BCUT2D eigenvalue weighted by molar-refractivity contribution is 7.99. The Morgan fingerprint density at radius 1 is 0.960 bits per heavy atom. The minimum Gasteiger partial charge on any atom is -0.380 e. The Balaban J connectivity index is 1.54. The van der Waals surface area contributed by atoms with E-state index in [4.69, 9.17) is 0 Å². The van der Waals surface area contributed by atoms with E-state index >= 15 is 0 Å². The number of piperidine rings is 1. The zero-order valence-corrected chi connectivity index (χ0v) is 15.2. The van der Waals surface area contributed by atoms with Crippen molar-refractivity contribution < 1.29 is 0 Å². The molecule has 0 aromatic heterocycles. The van der Waals surface area contributed by atoms with E-state index in [1.165, 1.54) is 44.8 Å². The predicted molar refractivity (Wildman–Crippen MR) is 107 cm³/mol. The molecule has 2 nitrogen and oxygen atoms in total. The lowest BCUT2D eigenvalue weighted by Gasteiger charge is -2.32. The van der Waals surface area contributed by atoms with E-state index in [2.05, 4.69) is 77.9 Å². The molecule has 0 amide bonds. The van der Waals surface area contributed by atoms with Crippen LogP contribution in [0.5, 0.6) is 0 Å². The quantitative estimate of drug-likeness (QED) is 0.686. The second kappa shape index (κ2) is 6.08. The van der Waals surface area contributed by atoms with Gasteiger partial charge in [0.2, 0.25) is 0 Å². The fourth-order valence-corrected chi connectivity index (χ4v) is 5.39. The first kappa shape index (κ1) is 15.3. The molecule has 3 heteroatoms. The summed E-state index contributed by atoms with van der Waals surface area (Å²) < 4.78 is 0. The number of hydrogen-bond donors (Lipinski definition) is 1. The van der Waals surface area contributed by atoms with Crippen molar-refractivity contribution in [3.8, 4) is 0 Å². The second-order valence-corrected chi connectivity index (χ2v) is 8.29. The fourth-order valence-electron chi connectivity index (χ4n) is 4.29. The van der Waals surface area contributed by atoms with Crippen LogP contribution >= 0.6 is 11.8 Å². The van der Waals surface area contributed by atoms with Gasteiger partial charge in [-0.05, 0) is 48.5 Å². The zero-order chi connectivity index (χ0) is 16.8. The van der Waals surface area contributed by atoms with E-state index in [1.54, 1.807) is 0 Å². The van der Waals surface area contributed by atoms with Crippen LogP contribution in [0.3, 0.4) is 0 Å². The fraction of sp³-hybridized carbons (Fsp3) is 0.273. The molecule has 1 fully saturated rings. The van der Waals surface area contributed by atoms with Gasteiger partial charge in [-0.25, -0.2) is 0 Å². The normalized spacial score (nSPS) is 22.4. The molecular formula is C22H22N2S. The van der Waals surface area contributed by atoms with Gasteiger partial charge in [0, 0.05) is 28.3 Å². The van der Waals surface area contributed by atoms with E-state index in [-0.39, 0.29) is 0 Å². The van der Waals surface area contributed by atoms with Crippen molar-refractivity contribution in [2.45, 2.75) is 28.2 Å². The van der Waals surface area contributed by atoms with Crippen molar-refractivity contribution in [2.75, 3.05) is 25.5 Å². The number of fused-ring (bicyclic) bond motifs is 4. The first-order valence-corrected chi connectivity index (χ1v) is 9.85. The molecule has 2 atom stereocenters. The molecule has 2 aliphatic heterocycles. The van der Waals surface area contributed by atoms with Crippen molar-refractivity contribution in [2.24, 2.45) is 0 Å². The van der Waals surface area contributed by atoms with Crippen molar-refractivity contribution in [1.82, 2.24) is 4.90 Å². The molecule has 5 rings (SSSR count). The van der Waals surface area contributed by atoms with Crippen LogP contribution in [0.1, 0.15) is 17.9 Å². The summed E-state index contributed by atoms with van der Waals surface area (Å²) >= 11 is 1.89. The van der Waals surface area contributed by atoms with Crippen LogP contribution in [0.15, 0.2) is 70.5 Å². The highest BCUT2D eigenvalue weighted by atomic mass is 32.2. The van der Waals surface area contributed by atoms with Gasteiger partial charge in [0.15, 0.2) is 0 Å². The van der Waals surface area contributed by atoms with Crippen molar-refractivity contribution >= 4 is 28.2 Å². The van der Waals surface area contributed by atoms with Crippen LogP contribution in [-0.4, -0.2) is 31.1 Å². The van der Waals surface area contributed by atoms with Gasteiger partial charge in [-0.15, -0.1) is 0 Å². The molecule has 0 bridgehead atoms. The molecule has 3 aromatic rings. The first-order valence-electron chi connectivity index (χ1n) is 9.03. The topological polar surface area (TPSA) is 15.3 Å². The maximum absolute atomic E-state index is 3.85. The van der Waals surface area contributed by atoms with E-state index < -0.39 is 0 Å². The van der Waals surface area contributed by atoms with Crippen LogP contribution in [-0.2, 0) is 0 Å². The molecule has 0 radical (unpaired) electrons. The lowest BCUT2D eigenvalue weighted by molar-refractivity contribution is 0.243. The number of hydrogen-bond acceptors (Lipinski definition) is 3. The zero-order valence-electron chi connectivity index (χ0n) is 14.4. The average molecular weight is 346 g/mol. The Morgan fingerprint density at radius 3 is 2.72 bits per heavy atom. The summed E-state index contributed by atoms with van der Waals surface area (Å²) in [6, 6.07) is 22.7. The lowest BCUT2D eigenvalue weighted by Crippen LogP contribution is -2.39. The molecule has 0 unspecified atom stereocenters. The SMILES string of the molecule is CN1CC[C@@H]2Nc3c(Sc4cccc5ccccc45)cccc3[C@H]2C1. The number of likely N-dealkylation sites (N-methyl/N-ethyl adjacent to an activating group) is 1. The van der Waals surface area contributed by atoms with Gasteiger partial charge in [-0.1, -0.05) is 60.3 Å². The number of anilines is 1. The minimum absolute atomic E-state index is 0.598. The Labute approximate surface area is 153 Å². The Morgan fingerprint density at radius 2 is 1.76 bits per heavy atom. The summed E-state index contributed by atoms with van der Waals surface area (Å²) in [5, 5.41) is 6.49. The third kappa shape index (κ3) is 2.62. The summed E-state index contributed by atoms with van der Waals surface area (Å²) in [7, 11) is 2.24. The van der Waals surface area contributed by atoms with Gasteiger partial charge in [0.25, 0.3) is 0 Å². The number of nitrogens with one attached hydrogen (secondary N) is 1. The Kier molecular flexibility index (Phi) is 3.72. The standard InChI is InChI=1S/C22H22N2S/c1-24-13-12-19-18(14-24)17-9-5-11-21(22(17)23-19)25-20-10-4-7-15-6-2-3-8-16(15)20/h2-11,18-19,23H,12-14H2,1H3/t18-,19+/m1/s1. The molecule has 1 N–H and O–H groups in total. The third-order valence-electron chi connectivity index (χ3n) is 5.57. The molecule has 0 aliphatic carbocycles. The van der Waals surface area contributed by atoms with Gasteiger partial charge < -0.3 is 10.2 Å². The third-order valence-corrected chi connectivity index (χ3v) is 6.71. The van der Waals surface area contributed by atoms with Crippen LogP contribution in [0.4, 0.5) is 5.69 Å². The monoisotopic (exact) mass is 346 g/mol. The number of para-hydroxylation sites is 1. The highest BCUT2D eigenvalue weighted by Gasteiger charge is 2.36. The van der Waals surface area contributed by atoms with E-state index in [1.807, 2.05) is 11.8 Å². The Bertz CT molecular complexity index is 931. The Hall–Kier alpha value is -1.97. The number of nitrogens with zero attached hydrogens (tertiary/aromatic N) is 1. The lowest BCUT2D eigenvalue weighted by atomic mass is 9.90. The maximum atomic E-state index is 3.85. The summed E-state index contributed by atoms with van der Waals surface area (Å²) in [5.41, 5.74) is 2.87. The van der Waals surface area contributed by atoms with Crippen LogP contribution in [0.2, 0.25) is 0 Å². The van der Waals surface area contributed by atoms with Gasteiger partial charge in [-0.2, -0.15) is 0 Å². The summed E-state index contributed by atoms with van der Waals surface area (Å²) in [6.07, 6.45) is 1.23. The molecule has 2 aliphatic rings. The smallest absolute Gasteiger partial charge is 0.0521 e. The average Bonchev–Trinajstić information content (AvgIpc) is 3.01. The van der Waals surface area contributed by atoms with Gasteiger partial charge in [0.05, 0.1) is 5.69 Å². The number of benzene rings is 3. The highest BCUT2D eigenvalue weighted by Crippen LogP contribution is 2.46. The van der Waals surface area contributed by atoms with Gasteiger partial charge in [-0.3, -0.25) is 0 Å². The summed E-state index contributed by atoms with van der Waals surface area (Å²) in [6.45, 7) is 2.35. The van der Waals surface area contributed by atoms with Crippen LogP contribution in [0, 0.1) is 0 Å². The number of likely N-dealkylation sites (tertiary alicyclic amines) is 1. The van der Waals surface area contributed by atoms with Crippen LogP contribution < -0.4 is 5.32 Å². The molecular weight excluding hydrogens is 324 g/mol. The molecule has 1 saturated heterocycles. The molecule has 0 saturated carbocycles. The molecule has 0 spiro atoms. The number of rotatable bonds is 2. The summed E-state index contributed by atoms with van der Waals surface area (Å²) in [5.74, 6) is 0.627. The minimum atomic E-state index is 0.598. The van der Waals surface area contributed by atoms with Gasteiger partial charge >= 0.3 is 0 Å². The maximum Gasteiger partial charge on any atom is 0.0521 e. The van der Waals surface area contributed by atoms with Crippen LogP contribution in [0.25, 0.3) is 10.8 Å². The molecule has 126 valence electrons.